The molecule has 1 aromatic heterocycles. The molecule has 1 aliphatic heterocycles. The molecule has 1 saturated heterocycles. The normalized spacial score (nSPS) is 18.5. The van der Waals surface area contributed by atoms with E-state index in [1.807, 2.05) is 0 Å². The van der Waals surface area contributed by atoms with Gasteiger partial charge in [-0.1, -0.05) is 12.1 Å². The number of nitrogens with one attached hydrogen (secondary N) is 1. The van der Waals surface area contributed by atoms with E-state index in [1.54, 1.807) is 19.1 Å². The molecule has 0 aliphatic carbocycles. The van der Waals surface area contributed by atoms with Crippen molar-refractivity contribution in [2.24, 2.45) is 0 Å². The number of β-amino-alcohol motifs (C(OH)–C–C–N with tert-alkyl or cyclic N) is 1. The minimum atomic E-state index is -1.08. The molecule has 0 spiro atoms. The maximum Gasteiger partial charge on any atom is 0.287 e. The van der Waals surface area contributed by atoms with Crippen LogP contribution in [0, 0.1) is 5.82 Å². The molecule has 1 atom stereocenters. The van der Waals surface area contributed by atoms with Gasteiger partial charge in [-0.05, 0) is 19.1 Å². The number of amides is 1. The smallest absolute Gasteiger partial charge is 0.287 e. The summed E-state index contributed by atoms with van der Waals surface area (Å²) in [7, 11) is 0. The zero-order valence-electron chi connectivity index (χ0n) is 13.5. The van der Waals surface area contributed by atoms with E-state index in [0.717, 1.165) is 13.1 Å². The van der Waals surface area contributed by atoms with E-state index in [0.29, 0.717) is 25.1 Å². The standard InChI is InChI=1S/C17H21FN2O4/c1-17(22,11-20-5-7-23-8-6-20)10-19-16(21)14-9-12-3-2-4-13(18)15(12)24-14/h2-4,9,22H,5-8,10-11H2,1H3,(H,19,21). The first-order chi connectivity index (χ1) is 11.4. The Balaban J connectivity index is 1.60. The number of morpholine rings is 1. The maximum absolute atomic E-state index is 13.6. The molecule has 1 aromatic carbocycles. The minimum Gasteiger partial charge on any atom is -0.448 e. The summed E-state index contributed by atoms with van der Waals surface area (Å²) in [5.74, 6) is -0.962. The fourth-order valence-corrected chi connectivity index (χ4v) is 2.79. The van der Waals surface area contributed by atoms with Gasteiger partial charge in [-0.15, -0.1) is 0 Å². The minimum absolute atomic E-state index is 0.0253. The van der Waals surface area contributed by atoms with E-state index in [-0.39, 0.29) is 17.9 Å². The highest BCUT2D eigenvalue weighted by Crippen LogP contribution is 2.22. The summed E-state index contributed by atoms with van der Waals surface area (Å²) in [6.45, 7) is 4.98. The van der Waals surface area contributed by atoms with Gasteiger partial charge in [0.1, 0.15) is 0 Å². The van der Waals surface area contributed by atoms with Gasteiger partial charge in [0.2, 0.25) is 0 Å². The number of carbonyl (C=O) groups excluding carboxylic acids is 1. The summed E-state index contributed by atoms with van der Waals surface area (Å²) in [5.41, 5.74) is -1.02. The molecule has 24 heavy (non-hydrogen) atoms. The lowest BCUT2D eigenvalue weighted by Gasteiger charge is -2.33. The first-order valence-corrected chi connectivity index (χ1v) is 7.93. The van der Waals surface area contributed by atoms with Crippen LogP contribution < -0.4 is 5.32 Å². The van der Waals surface area contributed by atoms with Gasteiger partial charge >= 0.3 is 0 Å². The van der Waals surface area contributed by atoms with Crippen molar-refractivity contribution in [3.05, 3.63) is 35.8 Å². The topological polar surface area (TPSA) is 74.9 Å². The zero-order chi connectivity index (χ0) is 17.2. The summed E-state index contributed by atoms with van der Waals surface area (Å²) in [4.78, 5) is 14.3. The van der Waals surface area contributed by atoms with Gasteiger partial charge in [0.05, 0.1) is 18.8 Å². The van der Waals surface area contributed by atoms with Crippen LogP contribution in [-0.2, 0) is 4.74 Å². The van der Waals surface area contributed by atoms with Gasteiger partial charge in [-0.2, -0.15) is 0 Å². The van der Waals surface area contributed by atoms with Gasteiger partial charge in [0.15, 0.2) is 17.2 Å². The van der Waals surface area contributed by atoms with Crippen LogP contribution in [0.3, 0.4) is 0 Å². The molecule has 0 saturated carbocycles. The van der Waals surface area contributed by atoms with Crippen molar-refractivity contribution in [2.75, 3.05) is 39.4 Å². The van der Waals surface area contributed by atoms with E-state index in [2.05, 4.69) is 10.2 Å². The second-order valence-electron chi connectivity index (χ2n) is 6.34. The van der Waals surface area contributed by atoms with Crippen LogP contribution in [0.1, 0.15) is 17.5 Å². The van der Waals surface area contributed by atoms with Crippen molar-refractivity contribution in [1.29, 1.82) is 0 Å². The fourth-order valence-electron chi connectivity index (χ4n) is 2.79. The second-order valence-corrected chi connectivity index (χ2v) is 6.34. The van der Waals surface area contributed by atoms with Crippen molar-refractivity contribution >= 4 is 16.9 Å². The second kappa shape index (κ2) is 6.88. The van der Waals surface area contributed by atoms with Crippen LogP contribution in [0.2, 0.25) is 0 Å². The lowest BCUT2D eigenvalue weighted by molar-refractivity contribution is -0.0213. The Kier molecular flexibility index (Phi) is 4.84. The Hall–Kier alpha value is -1.96. The Bertz CT molecular complexity index is 722. The average Bonchev–Trinajstić information content (AvgIpc) is 2.99. The molecule has 1 amide bonds. The molecule has 7 heteroatoms. The van der Waals surface area contributed by atoms with Gasteiger partial charge in [0.25, 0.3) is 5.91 Å². The van der Waals surface area contributed by atoms with Crippen LogP contribution in [0.5, 0.6) is 0 Å². The number of nitrogens with zero attached hydrogens (tertiary/aromatic N) is 1. The maximum atomic E-state index is 13.6. The number of halogens is 1. The molecule has 0 bridgehead atoms. The first-order valence-electron chi connectivity index (χ1n) is 7.93. The summed E-state index contributed by atoms with van der Waals surface area (Å²) in [6.07, 6.45) is 0. The van der Waals surface area contributed by atoms with Crippen molar-refractivity contribution in [2.45, 2.75) is 12.5 Å². The Morgan fingerprint density at radius 3 is 2.88 bits per heavy atom. The lowest BCUT2D eigenvalue weighted by atomic mass is 10.1. The summed E-state index contributed by atoms with van der Waals surface area (Å²) in [6, 6.07) is 6.00. The van der Waals surface area contributed by atoms with Crippen molar-refractivity contribution in [3.8, 4) is 0 Å². The van der Waals surface area contributed by atoms with E-state index in [4.69, 9.17) is 9.15 Å². The van der Waals surface area contributed by atoms with Crippen LogP contribution in [0.4, 0.5) is 4.39 Å². The number of hydrogen-bond donors (Lipinski definition) is 2. The molecule has 2 heterocycles. The van der Waals surface area contributed by atoms with Gasteiger partial charge in [-0.25, -0.2) is 4.39 Å². The number of aliphatic hydroxyl groups is 1. The SMILES string of the molecule is CC(O)(CNC(=O)c1cc2cccc(F)c2o1)CN1CCOCC1. The third-order valence-electron chi connectivity index (χ3n) is 4.02. The molecule has 1 unspecified atom stereocenters. The van der Waals surface area contributed by atoms with E-state index in [1.165, 1.54) is 12.1 Å². The Morgan fingerprint density at radius 2 is 2.17 bits per heavy atom. The number of hydrogen-bond acceptors (Lipinski definition) is 5. The number of fused-ring (bicyclic) bond motifs is 1. The van der Waals surface area contributed by atoms with Crippen LogP contribution in [0.25, 0.3) is 11.0 Å². The highest BCUT2D eigenvalue weighted by molar-refractivity contribution is 5.96. The molecule has 0 radical (unpaired) electrons. The average molecular weight is 336 g/mol. The number of furan rings is 1. The van der Waals surface area contributed by atoms with Crippen molar-refractivity contribution in [1.82, 2.24) is 10.2 Å². The number of carbonyl (C=O) groups is 1. The molecule has 1 aliphatic rings. The third kappa shape index (κ3) is 3.92. The molecule has 3 rings (SSSR count). The van der Waals surface area contributed by atoms with E-state index in [9.17, 15) is 14.3 Å². The summed E-state index contributed by atoms with van der Waals surface area (Å²) < 4.78 is 24.2. The molecule has 1 fully saturated rings. The first kappa shape index (κ1) is 16.9. The Morgan fingerprint density at radius 1 is 1.42 bits per heavy atom. The summed E-state index contributed by atoms with van der Waals surface area (Å²) in [5, 5.41) is 13.6. The van der Waals surface area contributed by atoms with Crippen LogP contribution in [0.15, 0.2) is 28.7 Å². The monoisotopic (exact) mass is 336 g/mol. The number of ether oxygens (including phenoxy) is 1. The van der Waals surface area contributed by atoms with E-state index >= 15 is 0 Å². The van der Waals surface area contributed by atoms with E-state index < -0.39 is 17.3 Å². The molecular weight excluding hydrogens is 315 g/mol. The van der Waals surface area contributed by atoms with Crippen molar-refractivity contribution < 1.29 is 23.4 Å². The quantitative estimate of drug-likeness (QED) is 0.863. The van der Waals surface area contributed by atoms with Crippen LogP contribution in [-0.4, -0.2) is 60.9 Å². The molecular formula is C17H21FN2O4. The highest BCUT2D eigenvalue weighted by atomic mass is 19.1. The molecule has 6 nitrogen and oxygen atoms in total. The predicted octanol–water partition coefficient (Wildman–Crippen LogP) is 1.38. The molecule has 2 aromatic rings. The zero-order valence-corrected chi connectivity index (χ0v) is 13.5. The number of rotatable bonds is 5. The van der Waals surface area contributed by atoms with Crippen molar-refractivity contribution in [3.63, 3.8) is 0 Å². The molecule has 2 N–H and O–H groups in total. The summed E-state index contributed by atoms with van der Waals surface area (Å²) >= 11 is 0. The van der Waals surface area contributed by atoms with Crippen LogP contribution >= 0.6 is 0 Å². The fraction of sp³-hybridized carbons (Fsp3) is 0.471. The van der Waals surface area contributed by atoms with Gasteiger partial charge < -0.3 is 19.6 Å². The predicted molar refractivity (Wildman–Crippen MR) is 86.4 cm³/mol. The van der Waals surface area contributed by atoms with Gasteiger partial charge in [0, 0.05) is 31.6 Å². The number of para-hydroxylation sites is 1. The molecule has 130 valence electrons. The lowest BCUT2D eigenvalue weighted by Crippen LogP contribution is -2.51. The highest BCUT2D eigenvalue weighted by Gasteiger charge is 2.26. The largest absolute Gasteiger partial charge is 0.448 e. The third-order valence-corrected chi connectivity index (χ3v) is 4.02. The Labute approximate surface area is 139 Å². The van der Waals surface area contributed by atoms with Gasteiger partial charge in [-0.3, -0.25) is 9.69 Å². The number of benzene rings is 1.